The standard InChI is InChI=1S/C14H20FNO3S/c1-10(2)16-8-11-4-3-5-13(15)14(11)19-12-6-7-20(17,18)9-12/h3-5,10,12,16H,6-9H2,1-2H3. The average Bonchev–Trinajstić information content (AvgIpc) is 2.69. The molecule has 1 heterocycles. The molecule has 0 aromatic heterocycles. The van der Waals surface area contributed by atoms with Crippen LogP contribution in [-0.4, -0.2) is 32.1 Å². The third kappa shape index (κ3) is 3.93. The quantitative estimate of drug-likeness (QED) is 0.902. The van der Waals surface area contributed by atoms with E-state index >= 15 is 0 Å². The summed E-state index contributed by atoms with van der Waals surface area (Å²) in [6.07, 6.45) is -0.0250. The number of hydrogen-bond donors (Lipinski definition) is 1. The Labute approximate surface area is 119 Å². The van der Waals surface area contributed by atoms with Crippen LogP contribution in [0.3, 0.4) is 0 Å². The second-order valence-electron chi connectivity index (χ2n) is 5.41. The maximum absolute atomic E-state index is 13.9. The Hall–Kier alpha value is -1.14. The molecule has 1 aromatic carbocycles. The summed E-state index contributed by atoms with van der Waals surface area (Å²) in [5, 5.41) is 3.21. The Kier molecular flexibility index (Phi) is 4.65. The van der Waals surface area contributed by atoms with Crippen LogP contribution in [-0.2, 0) is 16.4 Å². The van der Waals surface area contributed by atoms with E-state index in [1.165, 1.54) is 6.07 Å². The molecule has 1 aliphatic heterocycles. The van der Waals surface area contributed by atoms with Gasteiger partial charge in [-0.1, -0.05) is 26.0 Å². The van der Waals surface area contributed by atoms with Crippen LogP contribution in [0.5, 0.6) is 5.75 Å². The van der Waals surface area contributed by atoms with Crippen LogP contribution in [0.25, 0.3) is 0 Å². The summed E-state index contributed by atoms with van der Waals surface area (Å²) in [6.45, 7) is 4.50. The van der Waals surface area contributed by atoms with Gasteiger partial charge in [-0.05, 0) is 12.5 Å². The number of ether oxygens (including phenoxy) is 1. The van der Waals surface area contributed by atoms with Crippen LogP contribution in [0, 0.1) is 5.82 Å². The molecule has 2 rings (SSSR count). The smallest absolute Gasteiger partial charge is 0.165 e. The molecule has 0 amide bonds. The molecule has 6 heteroatoms. The molecule has 4 nitrogen and oxygen atoms in total. The number of halogens is 1. The largest absolute Gasteiger partial charge is 0.486 e. The van der Waals surface area contributed by atoms with E-state index in [0.29, 0.717) is 18.5 Å². The number of benzene rings is 1. The zero-order valence-electron chi connectivity index (χ0n) is 11.7. The molecule has 0 saturated carbocycles. The zero-order valence-corrected chi connectivity index (χ0v) is 12.5. The van der Waals surface area contributed by atoms with Gasteiger partial charge in [0, 0.05) is 18.2 Å². The van der Waals surface area contributed by atoms with Gasteiger partial charge in [-0.25, -0.2) is 12.8 Å². The molecule has 1 aromatic rings. The van der Waals surface area contributed by atoms with E-state index in [-0.39, 0.29) is 23.3 Å². The van der Waals surface area contributed by atoms with E-state index in [4.69, 9.17) is 4.74 Å². The predicted molar refractivity (Wildman–Crippen MR) is 76.1 cm³/mol. The van der Waals surface area contributed by atoms with Crippen molar-refractivity contribution in [3.8, 4) is 5.75 Å². The zero-order chi connectivity index (χ0) is 14.8. The van der Waals surface area contributed by atoms with Crippen LogP contribution >= 0.6 is 0 Å². The molecule has 1 saturated heterocycles. The first-order chi connectivity index (χ1) is 9.37. The summed E-state index contributed by atoms with van der Waals surface area (Å²) in [6, 6.07) is 5.03. The predicted octanol–water partition coefficient (Wildman–Crippen LogP) is 1.89. The minimum absolute atomic E-state index is 0.0294. The van der Waals surface area contributed by atoms with Gasteiger partial charge < -0.3 is 10.1 Å². The summed E-state index contributed by atoms with van der Waals surface area (Å²) in [4.78, 5) is 0. The van der Waals surface area contributed by atoms with Gasteiger partial charge in [-0.2, -0.15) is 0 Å². The van der Waals surface area contributed by atoms with Gasteiger partial charge in [0.15, 0.2) is 21.4 Å². The normalized spacial score (nSPS) is 21.3. The molecule has 20 heavy (non-hydrogen) atoms. The Morgan fingerprint density at radius 2 is 2.20 bits per heavy atom. The fourth-order valence-electron chi connectivity index (χ4n) is 2.16. The first-order valence-electron chi connectivity index (χ1n) is 6.75. The maximum Gasteiger partial charge on any atom is 0.165 e. The van der Waals surface area contributed by atoms with Gasteiger partial charge in [-0.3, -0.25) is 0 Å². The van der Waals surface area contributed by atoms with Crippen molar-refractivity contribution in [3.63, 3.8) is 0 Å². The fourth-order valence-corrected chi connectivity index (χ4v) is 3.75. The molecule has 112 valence electrons. The van der Waals surface area contributed by atoms with E-state index in [9.17, 15) is 12.8 Å². The minimum Gasteiger partial charge on any atom is -0.486 e. The van der Waals surface area contributed by atoms with Crippen LogP contribution in [0.2, 0.25) is 0 Å². The summed E-state index contributed by atoms with van der Waals surface area (Å²) in [5.41, 5.74) is 0.711. The van der Waals surface area contributed by atoms with Crippen LogP contribution in [0.1, 0.15) is 25.8 Å². The van der Waals surface area contributed by atoms with Crippen molar-refractivity contribution in [2.75, 3.05) is 11.5 Å². The lowest BCUT2D eigenvalue weighted by Gasteiger charge is -2.17. The van der Waals surface area contributed by atoms with Crippen LogP contribution < -0.4 is 10.1 Å². The molecule has 1 N–H and O–H groups in total. The number of sulfone groups is 1. The van der Waals surface area contributed by atoms with Crippen LogP contribution in [0.15, 0.2) is 18.2 Å². The van der Waals surface area contributed by atoms with E-state index in [1.807, 2.05) is 13.8 Å². The van der Waals surface area contributed by atoms with Crippen molar-refractivity contribution in [1.29, 1.82) is 0 Å². The maximum atomic E-state index is 13.9. The molecule has 0 radical (unpaired) electrons. The summed E-state index contributed by atoms with van der Waals surface area (Å²) in [5.74, 6) is -0.190. The van der Waals surface area contributed by atoms with Crippen molar-refractivity contribution >= 4 is 9.84 Å². The number of para-hydroxylation sites is 1. The second-order valence-corrected chi connectivity index (χ2v) is 7.64. The highest BCUT2D eigenvalue weighted by atomic mass is 32.2. The van der Waals surface area contributed by atoms with Crippen LogP contribution in [0.4, 0.5) is 4.39 Å². The fraction of sp³-hybridized carbons (Fsp3) is 0.571. The van der Waals surface area contributed by atoms with E-state index < -0.39 is 21.8 Å². The molecular formula is C14H20FNO3S. The Bertz CT molecular complexity index is 572. The first kappa shape index (κ1) is 15.3. The topological polar surface area (TPSA) is 55.4 Å². The Morgan fingerprint density at radius 3 is 2.80 bits per heavy atom. The molecule has 1 aliphatic rings. The van der Waals surface area contributed by atoms with Crippen molar-refractivity contribution in [3.05, 3.63) is 29.6 Å². The summed E-state index contributed by atoms with van der Waals surface area (Å²) < 4.78 is 42.4. The lowest BCUT2D eigenvalue weighted by atomic mass is 10.1. The molecule has 1 fully saturated rings. The lowest BCUT2D eigenvalue weighted by Crippen LogP contribution is -2.24. The monoisotopic (exact) mass is 301 g/mol. The third-order valence-electron chi connectivity index (χ3n) is 3.22. The van der Waals surface area contributed by atoms with Crippen molar-refractivity contribution in [1.82, 2.24) is 5.32 Å². The van der Waals surface area contributed by atoms with Gasteiger partial charge in [0.25, 0.3) is 0 Å². The lowest BCUT2D eigenvalue weighted by molar-refractivity contribution is 0.215. The Morgan fingerprint density at radius 1 is 1.45 bits per heavy atom. The molecule has 0 bridgehead atoms. The van der Waals surface area contributed by atoms with Crippen molar-refractivity contribution < 1.29 is 17.5 Å². The SMILES string of the molecule is CC(C)NCc1cccc(F)c1OC1CCS(=O)(=O)C1. The molecule has 1 unspecified atom stereocenters. The molecular weight excluding hydrogens is 281 g/mol. The van der Waals surface area contributed by atoms with Crippen molar-refractivity contribution in [2.24, 2.45) is 0 Å². The highest BCUT2D eigenvalue weighted by Crippen LogP contribution is 2.27. The second kappa shape index (κ2) is 6.10. The van der Waals surface area contributed by atoms with E-state index in [1.54, 1.807) is 12.1 Å². The molecule has 0 spiro atoms. The summed E-state index contributed by atoms with van der Waals surface area (Å²) in [7, 11) is -3.03. The Balaban J connectivity index is 2.13. The third-order valence-corrected chi connectivity index (χ3v) is 4.96. The van der Waals surface area contributed by atoms with E-state index in [0.717, 1.165) is 0 Å². The molecule has 1 atom stereocenters. The number of nitrogens with one attached hydrogen (secondary N) is 1. The van der Waals surface area contributed by atoms with Gasteiger partial charge in [0.05, 0.1) is 11.5 Å². The van der Waals surface area contributed by atoms with Gasteiger partial charge in [0.2, 0.25) is 0 Å². The van der Waals surface area contributed by atoms with E-state index in [2.05, 4.69) is 5.32 Å². The average molecular weight is 301 g/mol. The number of rotatable bonds is 5. The highest BCUT2D eigenvalue weighted by molar-refractivity contribution is 7.91. The number of hydrogen-bond acceptors (Lipinski definition) is 4. The van der Waals surface area contributed by atoms with Crippen molar-refractivity contribution in [2.45, 2.75) is 39.0 Å². The highest BCUT2D eigenvalue weighted by Gasteiger charge is 2.30. The minimum atomic E-state index is -3.03. The summed E-state index contributed by atoms with van der Waals surface area (Å²) >= 11 is 0. The molecule has 0 aliphatic carbocycles. The van der Waals surface area contributed by atoms with Gasteiger partial charge >= 0.3 is 0 Å². The van der Waals surface area contributed by atoms with Gasteiger partial charge in [0.1, 0.15) is 6.10 Å². The first-order valence-corrected chi connectivity index (χ1v) is 8.57. The van der Waals surface area contributed by atoms with Gasteiger partial charge in [-0.15, -0.1) is 0 Å².